The van der Waals surface area contributed by atoms with Crippen molar-refractivity contribution in [3.8, 4) is 5.88 Å². The lowest BCUT2D eigenvalue weighted by Gasteiger charge is -2.43. The van der Waals surface area contributed by atoms with Crippen molar-refractivity contribution in [3.63, 3.8) is 0 Å². The highest BCUT2D eigenvalue weighted by molar-refractivity contribution is 5.14. The van der Waals surface area contributed by atoms with Crippen LogP contribution >= 0.6 is 0 Å². The Kier molecular flexibility index (Phi) is 4.87. The number of fused-ring (bicyclic) bond motifs is 1. The Bertz CT molecular complexity index is 772. The van der Waals surface area contributed by atoms with E-state index in [1.807, 2.05) is 19.1 Å². The second-order valence-electron chi connectivity index (χ2n) is 7.32. The van der Waals surface area contributed by atoms with Gasteiger partial charge >= 0.3 is 0 Å². The van der Waals surface area contributed by atoms with Crippen molar-refractivity contribution >= 4 is 0 Å². The minimum absolute atomic E-state index is 0.0741. The molecule has 2 fully saturated rings. The van der Waals surface area contributed by atoms with Crippen molar-refractivity contribution in [3.05, 3.63) is 53.7 Å². The van der Waals surface area contributed by atoms with Gasteiger partial charge in [0.05, 0.1) is 18.4 Å². The Labute approximate surface area is 153 Å². The van der Waals surface area contributed by atoms with E-state index < -0.39 is 5.82 Å². The summed E-state index contributed by atoms with van der Waals surface area (Å²) in [6.07, 6.45) is 3.59. The van der Waals surface area contributed by atoms with Crippen LogP contribution in [0.2, 0.25) is 0 Å². The lowest BCUT2D eigenvalue weighted by molar-refractivity contribution is -0.0428. The number of hydrogen-bond acceptors (Lipinski definition) is 5. The molecule has 6 heteroatoms. The molecule has 0 aliphatic carbocycles. The zero-order valence-electron chi connectivity index (χ0n) is 15.0. The Balaban J connectivity index is 1.46. The molecule has 0 spiro atoms. The van der Waals surface area contributed by atoms with Crippen LogP contribution in [-0.2, 0) is 11.3 Å². The molecule has 2 aliphatic heterocycles. The van der Waals surface area contributed by atoms with E-state index in [1.54, 1.807) is 12.3 Å². The number of rotatable bonds is 5. The van der Waals surface area contributed by atoms with Crippen LogP contribution in [0.3, 0.4) is 0 Å². The fourth-order valence-corrected chi connectivity index (χ4v) is 4.09. The molecule has 2 aliphatic rings. The Morgan fingerprint density at radius 3 is 3.12 bits per heavy atom. The van der Waals surface area contributed by atoms with Crippen molar-refractivity contribution < 1.29 is 13.9 Å². The number of piperidine rings is 1. The van der Waals surface area contributed by atoms with Crippen LogP contribution in [0.4, 0.5) is 4.39 Å². The summed E-state index contributed by atoms with van der Waals surface area (Å²) < 4.78 is 25.6. The molecule has 0 aromatic carbocycles. The number of aromatic nitrogens is 2. The first kappa shape index (κ1) is 17.4. The summed E-state index contributed by atoms with van der Waals surface area (Å²) in [6, 6.07) is 9.07. The SMILES string of the molecule is Cc1cccc(CN2CC[C@@H]3OCC[C@]3(COc3ncccc3F)C2)n1. The maximum Gasteiger partial charge on any atom is 0.250 e. The smallest absolute Gasteiger partial charge is 0.250 e. The maximum absolute atomic E-state index is 13.8. The molecular weight excluding hydrogens is 333 g/mol. The van der Waals surface area contributed by atoms with E-state index >= 15 is 0 Å². The molecule has 0 unspecified atom stereocenters. The largest absolute Gasteiger partial charge is 0.475 e. The van der Waals surface area contributed by atoms with E-state index in [0.29, 0.717) is 6.61 Å². The van der Waals surface area contributed by atoms with Gasteiger partial charge in [-0.3, -0.25) is 9.88 Å². The first-order valence-electron chi connectivity index (χ1n) is 9.14. The zero-order chi connectivity index (χ0) is 18.0. The molecule has 26 heavy (non-hydrogen) atoms. The zero-order valence-corrected chi connectivity index (χ0v) is 15.0. The topological polar surface area (TPSA) is 47.5 Å². The normalized spacial score (nSPS) is 25.8. The summed E-state index contributed by atoms with van der Waals surface area (Å²) in [7, 11) is 0. The maximum atomic E-state index is 13.8. The summed E-state index contributed by atoms with van der Waals surface area (Å²) in [6.45, 7) is 5.81. The molecule has 4 rings (SSSR count). The molecule has 0 saturated carbocycles. The van der Waals surface area contributed by atoms with Gasteiger partial charge in [0.25, 0.3) is 0 Å². The van der Waals surface area contributed by atoms with E-state index in [4.69, 9.17) is 9.47 Å². The van der Waals surface area contributed by atoms with Crippen molar-refractivity contribution in [1.29, 1.82) is 0 Å². The monoisotopic (exact) mass is 357 g/mol. The standard InChI is InChI=1S/C20H24FN3O2/c1-15-4-2-5-16(23-15)12-24-10-7-18-20(13-24,8-11-25-18)14-26-19-17(21)6-3-9-22-19/h2-6,9,18H,7-8,10-14H2,1H3/t18-,20+/m0/s1. The van der Waals surface area contributed by atoms with E-state index in [9.17, 15) is 4.39 Å². The third-order valence-electron chi connectivity index (χ3n) is 5.40. The van der Waals surface area contributed by atoms with Crippen LogP contribution in [0.15, 0.2) is 36.5 Å². The van der Waals surface area contributed by atoms with Gasteiger partial charge in [-0.1, -0.05) is 6.07 Å². The first-order chi connectivity index (χ1) is 12.6. The van der Waals surface area contributed by atoms with E-state index in [-0.39, 0.29) is 17.4 Å². The third-order valence-corrected chi connectivity index (χ3v) is 5.40. The van der Waals surface area contributed by atoms with Gasteiger partial charge in [0, 0.05) is 43.5 Å². The number of hydrogen-bond donors (Lipinski definition) is 0. The van der Waals surface area contributed by atoms with Gasteiger partial charge in [0.15, 0.2) is 5.82 Å². The summed E-state index contributed by atoms with van der Waals surface area (Å²) in [5.41, 5.74) is 1.99. The van der Waals surface area contributed by atoms with Crippen molar-refractivity contribution in [2.75, 3.05) is 26.3 Å². The second kappa shape index (κ2) is 7.29. The fraction of sp³-hybridized carbons (Fsp3) is 0.500. The van der Waals surface area contributed by atoms with Gasteiger partial charge in [-0.05, 0) is 44.0 Å². The lowest BCUT2D eigenvalue weighted by atomic mass is 9.77. The van der Waals surface area contributed by atoms with Crippen LogP contribution in [0.1, 0.15) is 24.2 Å². The minimum Gasteiger partial charge on any atom is -0.475 e. The van der Waals surface area contributed by atoms with Crippen LogP contribution in [0.5, 0.6) is 5.88 Å². The molecule has 2 aromatic rings. The number of ether oxygens (including phenoxy) is 2. The van der Waals surface area contributed by atoms with Crippen LogP contribution in [-0.4, -0.2) is 47.3 Å². The average molecular weight is 357 g/mol. The van der Waals surface area contributed by atoms with Gasteiger partial charge in [0.1, 0.15) is 0 Å². The van der Waals surface area contributed by atoms with Crippen LogP contribution in [0, 0.1) is 18.2 Å². The lowest BCUT2D eigenvalue weighted by Crippen LogP contribution is -2.52. The Morgan fingerprint density at radius 2 is 2.27 bits per heavy atom. The molecule has 0 radical (unpaired) electrons. The quantitative estimate of drug-likeness (QED) is 0.823. The molecule has 2 saturated heterocycles. The van der Waals surface area contributed by atoms with Gasteiger partial charge in [-0.25, -0.2) is 9.37 Å². The highest BCUT2D eigenvalue weighted by atomic mass is 19.1. The summed E-state index contributed by atoms with van der Waals surface area (Å²) in [4.78, 5) is 11.0. The third kappa shape index (κ3) is 3.57. The Hall–Kier alpha value is -2.05. The van der Waals surface area contributed by atoms with E-state index in [0.717, 1.165) is 50.5 Å². The summed E-state index contributed by atoms with van der Waals surface area (Å²) in [5, 5.41) is 0. The average Bonchev–Trinajstić information content (AvgIpc) is 3.04. The highest BCUT2D eigenvalue weighted by Gasteiger charge is 2.48. The number of likely N-dealkylation sites (tertiary alicyclic amines) is 1. The van der Waals surface area contributed by atoms with Crippen molar-refractivity contribution in [2.45, 2.75) is 32.4 Å². The van der Waals surface area contributed by atoms with Crippen LogP contribution < -0.4 is 4.74 Å². The number of halogens is 1. The Morgan fingerprint density at radius 1 is 1.35 bits per heavy atom. The van der Waals surface area contributed by atoms with E-state index in [2.05, 4.69) is 20.9 Å². The molecule has 0 bridgehead atoms. The van der Waals surface area contributed by atoms with Crippen molar-refractivity contribution in [2.24, 2.45) is 5.41 Å². The first-order valence-corrected chi connectivity index (χ1v) is 9.14. The fourth-order valence-electron chi connectivity index (χ4n) is 4.09. The molecule has 2 atom stereocenters. The molecule has 2 aromatic heterocycles. The number of aryl methyl sites for hydroxylation is 1. The predicted octanol–water partition coefficient (Wildman–Crippen LogP) is 2.98. The number of pyridine rings is 2. The highest BCUT2D eigenvalue weighted by Crippen LogP contribution is 2.41. The second-order valence-corrected chi connectivity index (χ2v) is 7.32. The predicted molar refractivity (Wildman–Crippen MR) is 95.3 cm³/mol. The van der Waals surface area contributed by atoms with Gasteiger partial charge < -0.3 is 9.47 Å². The number of nitrogens with zero attached hydrogens (tertiary/aromatic N) is 3. The minimum atomic E-state index is -0.420. The van der Waals surface area contributed by atoms with E-state index in [1.165, 1.54) is 6.07 Å². The molecular formula is C20H24FN3O2. The van der Waals surface area contributed by atoms with Gasteiger partial charge in [-0.2, -0.15) is 0 Å². The molecule has 0 N–H and O–H groups in total. The summed E-state index contributed by atoms with van der Waals surface area (Å²) >= 11 is 0. The van der Waals surface area contributed by atoms with Gasteiger partial charge in [-0.15, -0.1) is 0 Å². The van der Waals surface area contributed by atoms with Crippen LogP contribution in [0.25, 0.3) is 0 Å². The summed E-state index contributed by atoms with van der Waals surface area (Å²) in [5.74, 6) is -0.346. The molecule has 4 heterocycles. The molecule has 138 valence electrons. The molecule has 0 amide bonds. The van der Waals surface area contributed by atoms with Crippen molar-refractivity contribution in [1.82, 2.24) is 14.9 Å². The molecule has 5 nitrogen and oxygen atoms in total. The van der Waals surface area contributed by atoms with Gasteiger partial charge in [0.2, 0.25) is 5.88 Å².